The lowest BCUT2D eigenvalue weighted by Crippen LogP contribution is -2.31. The molecule has 1 saturated heterocycles. The van der Waals surface area contributed by atoms with E-state index in [1.54, 1.807) is 43.5 Å². The Morgan fingerprint density at radius 1 is 0.902 bits per heavy atom. The summed E-state index contributed by atoms with van der Waals surface area (Å²) in [6.07, 6.45) is 0.497. The second-order valence-corrected chi connectivity index (χ2v) is 9.54. The average Bonchev–Trinajstić information content (AvgIpc) is 3.25. The molecule has 0 saturated carbocycles. The van der Waals surface area contributed by atoms with Crippen molar-refractivity contribution in [2.75, 3.05) is 41.6 Å². The second-order valence-electron chi connectivity index (χ2n) is 9.54. The molecule has 0 bridgehead atoms. The van der Waals surface area contributed by atoms with Crippen LogP contribution in [0, 0.1) is 6.92 Å². The number of carbonyl (C=O) groups excluding carboxylic acids is 2. The number of hydrogen-bond acceptors (Lipinski definition) is 8. The van der Waals surface area contributed by atoms with Crippen molar-refractivity contribution in [2.24, 2.45) is 0 Å². The van der Waals surface area contributed by atoms with Gasteiger partial charge >= 0.3 is 0 Å². The molecule has 1 fully saturated rings. The number of aliphatic hydroxyl groups excluding tert-OH is 1. The Morgan fingerprint density at radius 2 is 1.56 bits per heavy atom. The van der Waals surface area contributed by atoms with Crippen molar-refractivity contribution in [3.8, 4) is 23.0 Å². The summed E-state index contributed by atoms with van der Waals surface area (Å²) in [7, 11) is 6.03. The van der Waals surface area contributed by atoms with Crippen LogP contribution in [0.3, 0.4) is 0 Å². The van der Waals surface area contributed by atoms with Crippen LogP contribution in [0.5, 0.6) is 23.0 Å². The quantitative estimate of drug-likeness (QED) is 0.142. The maximum absolute atomic E-state index is 13.4. The van der Waals surface area contributed by atoms with Gasteiger partial charge in [-0.2, -0.15) is 0 Å². The predicted octanol–water partition coefficient (Wildman–Crippen LogP) is 5.06. The van der Waals surface area contributed by atoms with Gasteiger partial charge < -0.3 is 33.7 Å². The molecule has 1 aliphatic heterocycles. The number of rotatable bonds is 12. The van der Waals surface area contributed by atoms with E-state index in [2.05, 4.69) is 0 Å². The summed E-state index contributed by atoms with van der Waals surface area (Å²) in [5.74, 6) is -0.0822. The van der Waals surface area contributed by atoms with E-state index in [0.717, 1.165) is 11.1 Å². The van der Waals surface area contributed by atoms with E-state index < -0.39 is 17.7 Å². The first-order valence-electron chi connectivity index (χ1n) is 13.2. The molecule has 9 nitrogen and oxygen atoms in total. The van der Waals surface area contributed by atoms with E-state index in [9.17, 15) is 14.7 Å². The van der Waals surface area contributed by atoms with Gasteiger partial charge in [0, 0.05) is 25.8 Å². The number of carbonyl (C=O) groups is 2. The van der Waals surface area contributed by atoms with E-state index in [4.69, 9.17) is 23.7 Å². The van der Waals surface area contributed by atoms with Crippen molar-refractivity contribution in [3.05, 3.63) is 88.5 Å². The molecular formula is C32H35NO8. The molecule has 0 aromatic heterocycles. The Labute approximate surface area is 239 Å². The van der Waals surface area contributed by atoms with Gasteiger partial charge in [-0.1, -0.05) is 24.3 Å². The summed E-state index contributed by atoms with van der Waals surface area (Å²) in [6.45, 7) is 3.05. The second kappa shape index (κ2) is 13.2. The van der Waals surface area contributed by atoms with Crippen LogP contribution in [0.4, 0.5) is 0 Å². The van der Waals surface area contributed by atoms with Crippen LogP contribution in [-0.4, -0.2) is 63.3 Å². The molecule has 0 radical (unpaired) electrons. The van der Waals surface area contributed by atoms with E-state index in [1.807, 2.05) is 31.2 Å². The van der Waals surface area contributed by atoms with E-state index in [-0.39, 0.29) is 17.9 Å². The fourth-order valence-electron chi connectivity index (χ4n) is 4.89. The number of aryl methyl sites for hydroxylation is 1. The highest BCUT2D eigenvalue weighted by Crippen LogP contribution is 2.45. The normalized spacial score (nSPS) is 16.1. The minimum absolute atomic E-state index is 0.0322. The molecule has 216 valence electrons. The van der Waals surface area contributed by atoms with Crippen LogP contribution in [-0.2, 0) is 20.9 Å². The highest BCUT2D eigenvalue weighted by molar-refractivity contribution is 6.46. The van der Waals surface area contributed by atoms with Gasteiger partial charge in [-0.05, 0) is 66.4 Å². The van der Waals surface area contributed by atoms with Gasteiger partial charge in [-0.3, -0.25) is 9.59 Å². The molecule has 41 heavy (non-hydrogen) atoms. The predicted molar refractivity (Wildman–Crippen MR) is 154 cm³/mol. The van der Waals surface area contributed by atoms with Gasteiger partial charge in [-0.15, -0.1) is 0 Å². The summed E-state index contributed by atoms with van der Waals surface area (Å²) < 4.78 is 27.6. The van der Waals surface area contributed by atoms with Gasteiger partial charge in [0.05, 0.1) is 32.9 Å². The molecule has 1 heterocycles. The number of ketones is 1. The topological polar surface area (TPSA) is 104 Å². The molecule has 3 aromatic rings. The molecule has 1 unspecified atom stereocenters. The number of methoxy groups -OCH3 is 4. The average molecular weight is 562 g/mol. The maximum Gasteiger partial charge on any atom is 0.295 e. The van der Waals surface area contributed by atoms with Crippen molar-refractivity contribution >= 4 is 17.4 Å². The zero-order valence-corrected chi connectivity index (χ0v) is 23.9. The van der Waals surface area contributed by atoms with E-state index >= 15 is 0 Å². The first-order chi connectivity index (χ1) is 19.8. The first kappa shape index (κ1) is 29.5. The van der Waals surface area contributed by atoms with Crippen LogP contribution < -0.4 is 18.9 Å². The number of ether oxygens (including phenoxy) is 5. The van der Waals surface area contributed by atoms with Crippen LogP contribution in [0.1, 0.15) is 34.7 Å². The minimum atomic E-state index is -0.891. The molecule has 1 amide bonds. The monoisotopic (exact) mass is 561 g/mol. The molecule has 9 heteroatoms. The Balaban J connectivity index is 1.73. The van der Waals surface area contributed by atoms with Gasteiger partial charge in [0.2, 0.25) is 5.75 Å². The summed E-state index contributed by atoms with van der Waals surface area (Å²) in [4.78, 5) is 28.1. The van der Waals surface area contributed by atoms with Gasteiger partial charge in [0.1, 0.15) is 18.1 Å². The van der Waals surface area contributed by atoms with Gasteiger partial charge in [0.15, 0.2) is 11.5 Å². The SMILES string of the molecule is COCCCN1C(=O)C(=O)C(=C(O)c2ccc(OCc3ccccc3C)cc2)C1c1cc(OC)c(OC)c(OC)c1. The lowest BCUT2D eigenvalue weighted by atomic mass is 9.94. The number of Topliss-reactive ketones (excluding diaryl/α,β-unsaturated/α-hetero) is 1. The zero-order valence-electron chi connectivity index (χ0n) is 23.9. The lowest BCUT2D eigenvalue weighted by molar-refractivity contribution is -0.140. The molecule has 1 atom stereocenters. The minimum Gasteiger partial charge on any atom is -0.507 e. The summed E-state index contributed by atoms with van der Waals surface area (Å²) in [5.41, 5.74) is 3.06. The van der Waals surface area contributed by atoms with Crippen LogP contribution in [0.2, 0.25) is 0 Å². The Morgan fingerprint density at radius 3 is 2.15 bits per heavy atom. The van der Waals surface area contributed by atoms with Gasteiger partial charge in [-0.25, -0.2) is 0 Å². The van der Waals surface area contributed by atoms with E-state index in [1.165, 1.54) is 26.2 Å². The van der Waals surface area contributed by atoms with Crippen molar-refractivity contribution in [1.82, 2.24) is 4.90 Å². The number of benzene rings is 3. The van der Waals surface area contributed by atoms with Crippen LogP contribution >= 0.6 is 0 Å². The third kappa shape index (κ3) is 6.15. The third-order valence-corrected chi connectivity index (χ3v) is 7.07. The number of nitrogens with zero attached hydrogens (tertiary/aromatic N) is 1. The lowest BCUT2D eigenvalue weighted by Gasteiger charge is -2.26. The highest BCUT2D eigenvalue weighted by atomic mass is 16.5. The molecule has 0 spiro atoms. The Bertz CT molecular complexity index is 1400. The van der Waals surface area contributed by atoms with E-state index in [0.29, 0.717) is 53.8 Å². The smallest absolute Gasteiger partial charge is 0.295 e. The fraction of sp³-hybridized carbons (Fsp3) is 0.312. The largest absolute Gasteiger partial charge is 0.507 e. The molecule has 1 N–H and O–H groups in total. The number of amides is 1. The highest BCUT2D eigenvalue weighted by Gasteiger charge is 2.46. The van der Waals surface area contributed by atoms with Gasteiger partial charge in [0.25, 0.3) is 11.7 Å². The molecule has 0 aliphatic carbocycles. The summed E-state index contributed by atoms with van der Waals surface area (Å²) in [5, 5.41) is 11.4. The first-order valence-corrected chi connectivity index (χ1v) is 13.2. The standard InChI is InChI=1S/C32H35NO8/c1-20-9-6-7-10-22(20)19-41-24-13-11-21(12-14-24)29(34)27-28(33(15-8-16-37-2)32(36)30(27)35)23-17-25(38-3)31(40-5)26(18-23)39-4/h6-7,9-14,17-18,28,34H,8,15-16,19H2,1-5H3. The van der Waals surface area contributed by atoms with Crippen LogP contribution in [0.25, 0.3) is 5.76 Å². The van der Waals surface area contributed by atoms with Crippen LogP contribution in [0.15, 0.2) is 66.2 Å². The third-order valence-electron chi connectivity index (χ3n) is 7.07. The molecule has 4 rings (SSSR count). The Hall–Kier alpha value is -4.50. The number of likely N-dealkylation sites (tertiary alicyclic amines) is 1. The summed E-state index contributed by atoms with van der Waals surface area (Å²) in [6, 6.07) is 17.2. The van der Waals surface area contributed by atoms with Crippen molar-refractivity contribution in [2.45, 2.75) is 26.0 Å². The number of aliphatic hydroxyl groups is 1. The molecular weight excluding hydrogens is 526 g/mol. The Kier molecular flexibility index (Phi) is 9.52. The van der Waals surface area contributed by atoms with Crippen molar-refractivity contribution in [3.63, 3.8) is 0 Å². The molecule has 1 aliphatic rings. The summed E-state index contributed by atoms with van der Waals surface area (Å²) >= 11 is 0. The van der Waals surface area contributed by atoms with Crippen molar-refractivity contribution < 1.29 is 38.4 Å². The zero-order chi connectivity index (χ0) is 29.5. The number of hydrogen-bond donors (Lipinski definition) is 1. The molecule has 3 aromatic carbocycles. The van der Waals surface area contributed by atoms with Crippen molar-refractivity contribution in [1.29, 1.82) is 0 Å². The fourth-order valence-corrected chi connectivity index (χ4v) is 4.89. The maximum atomic E-state index is 13.4.